The van der Waals surface area contributed by atoms with Crippen molar-refractivity contribution in [1.82, 2.24) is 14.9 Å². The van der Waals surface area contributed by atoms with Gasteiger partial charge in [0.2, 0.25) is 4.77 Å². The Morgan fingerprint density at radius 2 is 1.92 bits per heavy atom. The zero-order valence-electron chi connectivity index (χ0n) is 14.1. The number of aromatic amines is 1. The zero-order chi connectivity index (χ0) is 17.5. The van der Waals surface area contributed by atoms with Gasteiger partial charge in [-0.1, -0.05) is 43.7 Å². The van der Waals surface area contributed by atoms with Crippen LogP contribution in [0.25, 0.3) is 11.4 Å². The van der Waals surface area contributed by atoms with Crippen molar-refractivity contribution in [3.8, 4) is 17.1 Å². The highest BCUT2D eigenvalue weighted by Gasteiger charge is 2.07. The van der Waals surface area contributed by atoms with Crippen LogP contribution in [0.3, 0.4) is 0 Å². The van der Waals surface area contributed by atoms with Crippen molar-refractivity contribution >= 4 is 18.4 Å². The molecule has 3 aromatic rings. The third-order valence-electron chi connectivity index (χ3n) is 3.65. The summed E-state index contributed by atoms with van der Waals surface area (Å²) in [7, 11) is 0. The Balaban J connectivity index is 1.76. The number of nitrogens with zero attached hydrogens (tertiary/aromatic N) is 3. The highest BCUT2D eigenvalue weighted by molar-refractivity contribution is 7.71. The van der Waals surface area contributed by atoms with Gasteiger partial charge in [-0.25, -0.2) is 5.10 Å². The molecule has 3 rings (SSSR count). The Hall–Kier alpha value is -2.73. The molecular weight excluding hydrogens is 332 g/mol. The monoisotopic (exact) mass is 352 g/mol. The molecule has 1 aromatic heterocycles. The number of hydrogen-bond donors (Lipinski definition) is 1. The van der Waals surface area contributed by atoms with E-state index in [1.54, 1.807) is 10.9 Å². The molecule has 25 heavy (non-hydrogen) atoms. The third-order valence-corrected chi connectivity index (χ3v) is 3.92. The highest BCUT2D eigenvalue weighted by Crippen LogP contribution is 2.17. The lowest BCUT2D eigenvalue weighted by Crippen LogP contribution is -1.97. The van der Waals surface area contributed by atoms with Crippen LogP contribution in [-0.4, -0.2) is 27.7 Å². The summed E-state index contributed by atoms with van der Waals surface area (Å²) in [6, 6.07) is 17.7. The fourth-order valence-electron chi connectivity index (χ4n) is 2.28. The van der Waals surface area contributed by atoms with E-state index in [1.807, 2.05) is 54.6 Å². The smallest absolute Gasteiger partial charge is 0.216 e. The summed E-state index contributed by atoms with van der Waals surface area (Å²) in [5.74, 6) is 1.55. The minimum atomic E-state index is 0.453. The van der Waals surface area contributed by atoms with Gasteiger partial charge in [-0.3, -0.25) is 0 Å². The number of benzene rings is 2. The Bertz CT molecular complexity index is 882. The van der Waals surface area contributed by atoms with Gasteiger partial charge in [0.15, 0.2) is 5.82 Å². The molecule has 0 aliphatic heterocycles. The molecule has 0 amide bonds. The van der Waals surface area contributed by atoms with Gasteiger partial charge in [-0.2, -0.15) is 14.9 Å². The fourth-order valence-corrected chi connectivity index (χ4v) is 2.46. The fraction of sp³-hybridized carbons (Fsp3) is 0.211. The second-order valence-electron chi connectivity index (χ2n) is 5.55. The first-order chi connectivity index (χ1) is 12.3. The van der Waals surface area contributed by atoms with Crippen LogP contribution in [-0.2, 0) is 0 Å². The van der Waals surface area contributed by atoms with Crippen molar-refractivity contribution in [2.75, 3.05) is 6.61 Å². The first-order valence-corrected chi connectivity index (χ1v) is 8.69. The number of hydrogen-bond acceptors (Lipinski definition) is 4. The molecule has 0 atom stereocenters. The second kappa shape index (κ2) is 8.39. The van der Waals surface area contributed by atoms with E-state index in [-0.39, 0.29) is 0 Å². The summed E-state index contributed by atoms with van der Waals surface area (Å²) >= 11 is 5.28. The van der Waals surface area contributed by atoms with E-state index in [0.29, 0.717) is 10.6 Å². The maximum atomic E-state index is 5.67. The van der Waals surface area contributed by atoms with E-state index in [4.69, 9.17) is 17.0 Å². The van der Waals surface area contributed by atoms with Crippen LogP contribution in [0.4, 0.5) is 0 Å². The molecule has 0 aliphatic carbocycles. The Kier molecular flexibility index (Phi) is 5.74. The molecule has 6 heteroatoms. The van der Waals surface area contributed by atoms with Gasteiger partial charge in [0, 0.05) is 5.56 Å². The van der Waals surface area contributed by atoms with E-state index in [0.717, 1.165) is 36.3 Å². The maximum absolute atomic E-state index is 5.67. The Labute approximate surface area is 152 Å². The van der Waals surface area contributed by atoms with Crippen LogP contribution in [0.15, 0.2) is 59.7 Å². The molecule has 0 radical (unpaired) electrons. The van der Waals surface area contributed by atoms with Crippen molar-refractivity contribution in [3.05, 3.63) is 64.9 Å². The number of unbranched alkanes of at least 4 members (excludes halogenated alkanes) is 1. The Morgan fingerprint density at radius 1 is 1.16 bits per heavy atom. The summed E-state index contributed by atoms with van der Waals surface area (Å²) in [5, 5.41) is 11.5. The summed E-state index contributed by atoms with van der Waals surface area (Å²) in [5.41, 5.74) is 1.91. The molecule has 0 saturated carbocycles. The van der Waals surface area contributed by atoms with Crippen LogP contribution in [0.2, 0.25) is 0 Å². The molecule has 2 aromatic carbocycles. The average Bonchev–Trinajstić information content (AvgIpc) is 3.02. The van der Waals surface area contributed by atoms with Gasteiger partial charge in [0.05, 0.1) is 12.8 Å². The van der Waals surface area contributed by atoms with E-state index < -0.39 is 0 Å². The molecule has 0 saturated heterocycles. The number of rotatable bonds is 7. The highest BCUT2D eigenvalue weighted by atomic mass is 32.1. The lowest BCUT2D eigenvalue weighted by atomic mass is 10.2. The van der Waals surface area contributed by atoms with E-state index >= 15 is 0 Å². The largest absolute Gasteiger partial charge is 0.494 e. The summed E-state index contributed by atoms with van der Waals surface area (Å²) in [6.45, 7) is 2.89. The van der Waals surface area contributed by atoms with Crippen LogP contribution < -0.4 is 4.74 Å². The lowest BCUT2D eigenvalue weighted by Gasteiger charge is -2.05. The van der Waals surface area contributed by atoms with Crippen LogP contribution in [0.5, 0.6) is 5.75 Å². The zero-order valence-corrected chi connectivity index (χ0v) is 14.9. The molecule has 5 nitrogen and oxygen atoms in total. The number of aromatic nitrogens is 3. The SMILES string of the molecule is CCCCOc1ccc(/C=N/n2c(-c3ccccc3)n[nH]c2=S)cc1. The quantitative estimate of drug-likeness (QED) is 0.382. The summed E-state index contributed by atoms with van der Waals surface area (Å²) in [6.07, 6.45) is 3.94. The molecule has 0 fully saturated rings. The van der Waals surface area contributed by atoms with Crippen molar-refractivity contribution in [2.24, 2.45) is 5.10 Å². The minimum Gasteiger partial charge on any atom is -0.494 e. The first kappa shape index (κ1) is 17.1. The second-order valence-corrected chi connectivity index (χ2v) is 5.93. The molecule has 1 N–H and O–H groups in total. The molecule has 0 aliphatic rings. The number of ether oxygens (including phenoxy) is 1. The first-order valence-electron chi connectivity index (χ1n) is 8.28. The van der Waals surface area contributed by atoms with E-state index in [2.05, 4.69) is 22.2 Å². The molecular formula is C19H20N4OS. The summed E-state index contributed by atoms with van der Waals surface area (Å²) in [4.78, 5) is 0. The van der Waals surface area contributed by atoms with Gasteiger partial charge < -0.3 is 4.74 Å². The van der Waals surface area contributed by atoms with Crippen molar-refractivity contribution in [2.45, 2.75) is 19.8 Å². The normalized spacial score (nSPS) is 11.1. The molecule has 0 bridgehead atoms. The van der Waals surface area contributed by atoms with Crippen molar-refractivity contribution in [1.29, 1.82) is 0 Å². The number of nitrogens with one attached hydrogen (secondary N) is 1. The topological polar surface area (TPSA) is 55.2 Å². The lowest BCUT2D eigenvalue weighted by molar-refractivity contribution is 0.309. The van der Waals surface area contributed by atoms with Crippen LogP contribution in [0, 0.1) is 4.77 Å². The minimum absolute atomic E-state index is 0.453. The molecule has 1 heterocycles. The predicted molar refractivity (Wildman–Crippen MR) is 103 cm³/mol. The van der Waals surface area contributed by atoms with Gasteiger partial charge >= 0.3 is 0 Å². The van der Waals surface area contributed by atoms with E-state index in [9.17, 15) is 0 Å². The van der Waals surface area contributed by atoms with Crippen molar-refractivity contribution in [3.63, 3.8) is 0 Å². The molecule has 128 valence electrons. The van der Waals surface area contributed by atoms with Gasteiger partial charge in [-0.05, 0) is 48.5 Å². The van der Waals surface area contributed by atoms with E-state index in [1.165, 1.54) is 0 Å². The van der Waals surface area contributed by atoms with Crippen LogP contribution in [0.1, 0.15) is 25.3 Å². The Morgan fingerprint density at radius 3 is 2.64 bits per heavy atom. The predicted octanol–water partition coefficient (Wildman–Crippen LogP) is 4.67. The third kappa shape index (κ3) is 4.42. The molecule has 0 unspecified atom stereocenters. The standard InChI is InChI=1S/C19H20N4OS/c1-2-3-13-24-17-11-9-15(10-12-17)14-20-23-18(21-22-19(23)25)16-7-5-4-6-8-16/h4-12,14H,2-3,13H2,1H3,(H,22,25)/b20-14+. The van der Waals surface area contributed by atoms with Gasteiger partial charge in [0.1, 0.15) is 5.75 Å². The van der Waals surface area contributed by atoms with Gasteiger partial charge in [0.25, 0.3) is 0 Å². The van der Waals surface area contributed by atoms with Gasteiger partial charge in [-0.15, -0.1) is 0 Å². The summed E-state index contributed by atoms with van der Waals surface area (Å²) < 4.78 is 7.74. The number of H-pyrrole nitrogens is 1. The molecule has 0 spiro atoms. The van der Waals surface area contributed by atoms with Crippen molar-refractivity contribution < 1.29 is 4.74 Å². The maximum Gasteiger partial charge on any atom is 0.216 e. The average molecular weight is 352 g/mol. The van der Waals surface area contributed by atoms with Crippen LogP contribution >= 0.6 is 12.2 Å².